The summed E-state index contributed by atoms with van der Waals surface area (Å²) in [5.41, 5.74) is 11.0. The van der Waals surface area contributed by atoms with Gasteiger partial charge in [-0.25, -0.2) is 4.98 Å². The molecule has 3 aromatic carbocycles. The van der Waals surface area contributed by atoms with Crippen molar-refractivity contribution in [2.75, 3.05) is 5.73 Å². The Kier molecular flexibility index (Phi) is 4.13. The predicted molar refractivity (Wildman–Crippen MR) is 120 cm³/mol. The standard InChI is InChI=1S/C24H21N5O/c1-15-7-3-4-11-20(15)29-22(27-19-10-5-8-16(2)23(19)24(29)30)14-28-21-12-6-9-18(25)17(21)13-26-28/h3-13H,14,25H2,1-2H3. The van der Waals surface area contributed by atoms with Gasteiger partial charge in [0.1, 0.15) is 12.4 Å². The second-order valence-corrected chi connectivity index (χ2v) is 7.51. The second kappa shape index (κ2) is 6.84. The molecule has 2 N–H and O–H groups in total. The minimum absolute atomic E-state index is 0.0709. The molecule has 5 aromatic rings. The molecule has 148 valence electrons. The van der Waals surface area contributed by atoms with E-state index in [9.17, 15) is 4.79 Å². The van der Waals surface area contributed by atoms with E-state index in [1.807, 2.05) is 79.2 Å². The number of nitrogens with zero attached hydrogens (tertiary/aromatic N) is 4. The second-order valence-electron chi connectivity index (χ2n) is 7.51. The maximum Gasteiger partial charge on any atom is 0.266 e. The van der Waals surface area contributed by atoms with Crippen LogP contribution in [0.4, 0.5) is 5.69 Å². The van der Waals surface area contributed by atoms with Gasteiger partial charge in [0.15, 0.2) is 0 Å². The Morgan fingerprint density at radius 3 is 2.53 bits per heavy atom. The van der Waals surface area contributed by atoms with Crippen LogP contribution in [0.25, 0.3) is 27.5 Å². The van der Waals surface area contributed by atoms with Crippen LogP contribution in [-0.2, 0) is 6.54 Å². The van der Waals surface area contributed by atoms with Crippen molar-refractivity contribution in [3.05, 3.63) is 94.2 Å². The summed E-state index contributed by atoms with van der Waals surface area (Å²) in [5, 5.41) is 6.04. The van der Waals surface area contributed by atoms with Crippen LogP contribution in [-0.4, -0.2) is 19.3 Å². The van der Waals surface area contributed by atoms with E-state index in [0.29, 0.717) is 29.0 Å². The number of para-hydroxylation sites is 1. The van der Waals surface area contributed by atoms with Gasteiger partial charge in [0.2, 0.25) is 0 Å². The normalized spacial score (nSPS) is 11.4. The Balaban J connectivity index is 1.80. The molecule has 2 heterocycles. The number of hydrogen-bond donors (Lipinski definition) is 1. The molecule has 0 amide bonds. The van der Waals surface area contributed by atoms with Gasteiger partial charge in [-0.2, -0.15) is 5.10 Å². The lowest BCUT2D eigenvalue weighted by Crippen LogP contribution is -2.26. The maximum absolute atomic E-state index is 13.6. The molecule has 6 heteroatoms. The quantitative estimate of drug-likeness (QED) is 0.469. The van der Waals surface area contributed by atoms with Crippen LogP contribution < -0.4 is 11.3 Å². The highest BCUT2D eigenvalue weighted by Crippen LogP contribution is 2.23. The molecule has 6 nitrogen and oxygen atoms in total. The van der Waals surface area contributed by atoms with E-state index < -0.39 is 0 Å². The van der Waals surface area contributed by atoms with Crippen LogP contribution in [0.1, 0.15) is 17.0 Å². The minimum atomic E-state index is -0.0709. The van der Waals surface area contributed by atoms with Crippen molar-refractivity contribution in [3.63, 3.8) is 0 Å². The van der Waals surface area contributed by atoms with Gasteiger partial charge in [-0.05, 0) is 49.2 Å². The van der Waals surface area contributed by atoms with E-state index in [4.69, 9.17) is 10.7 Å². The highest BCUT2D eigenvalue weighted by molar-refractivity contribution is 5.90. The van der Waals surface area contributed by atoms with Gasteiger partial charge >= 0.3 is 0 Å². The number of benzene rings is 3. The summed E-state index contributed by atoms with van der Waals surface area (Å²) in [6, 6.07) is 19.3. The monoisotopic (exact) mass is 395 g/mol. The summed E-state index contributed by atoms with van der Waals surface area (Å²) >= 11 is 0. The van der Waals surface area contributed by atoms with Crippen LogP contribution >= 0.6 is 0 Å². The summed E-state index contributed by atoms with van der Waals surface area (Å²) in [6.07, 6.45) is 1.76. The van der Waals surface area contributed by atoms with Crippen molar-refractivity contribution >= 4 is 27.5 Å². The van der Waals surface area contributed by atoms with Crippen molar-refractivity contribution in [3.8, 4) is 5.69 Å². The summed E-state index contributed by atoms with van der Waals surface area (Å²) in [6.45, 7) is 4.29. The van der Waals surface area contributed by atoms with Gasteiger partial charge in [-0.1, -0.05) is 36.4 Å². The Bertz CT molecular complexity index is 1480. The average Bonchev–Trinajstić information content (AvgIpc) is 3.13. The van der Waals surface area contributed by atoms with Crippen LogP contribution in [0.5, 0.6) is 0 Å². The lowest BCUT2D eigenvalue weighted by molar-refractivity contribution is 0.654. The van der Waals surface area contributed by atoms with Crippen molar-refractivity contribution < 1.29 is 0 Å². The Labute approximate surface area is 173 Å². The molecule has 0 aliphatic carbocycles. The lowest BCUT2D eigenvalue weighted by Gasteiger charge is -2.16. The van der Waals surface area contributed by atoms with Crippen LogP contribution in [0.15, 0.2) is 71.7 Å². The highest BCUT2D eigenvalue weighted by atomic mass is 16.1. The number of fused-ring (bicyclic) bond motifs is 2. The van der Waals surface area contributed by atoms with E-state index in [1.165, 1.54) is 0 Å². The summed E-state index contributed by atoms with van der Waals surface area (Å²) in [5.74, 6) is 0.625. The molecule has 0 saturated heterocycles. The molecule has 0 aliphatic heterocycles. The Hall–Kier alpha value is -3.93. The molecule has 0 bridgehead atoms. The molecule has 0 atom stereocenters. The minimum Gasteiger partial charge on any atom is -0.398 e. The first-order valence-corrected chi connectivity index (χ1v) is 9.82. The maximum atomic E-state index is 13.6. The van der Waals surface area contributed by atoms with Crippen molar-refractivity contribution in [2.45, 2.75) is 20.4 Å². The molecule has 0 radical (unpaired) electrons. The predicted octanol–water partition coefficient (Wildman–Crippen LogP) is 3.98. The van der Waals surface area contributed by atoms with Gasteiger partial charge in [0, 0.05) is 11.1 Å². The molecule has 0 unspecified atom stereocenters. The van der Waals surface area contributed by atoms with Crippen LogP contribution in [0, 0.1) is 13.8 Å². The van der Waals surface area contributed by atoms with E-state index in [-0.39, 0.29) is 5.56 Å². The largest absolute Gasteiger partial charge is 0.398 e. The summed E-state index contributed by atoms with van der Waals surface area (Å²) in [7, 11) is 0. The first-order valence-electron chi connectivity index (χ1n) is 9.82. The third-order valence-electron chi connectivity index (χ3n) is 5.54. The van der Waals surface area contributed by atoms with Gasteiger partial charge in [-0.3, -0.25) is 14.0 Å². The number of nitrogens with two attached hydrogens (primary N) is 1. The zero-order valence-corrected chi connectivity index (χ0v) is 16.8. The fraction of sp³-hybridized carbons (Fsp3) is 0.125. The van der Waals surface area contributed by atoms with Crippen molar-refractivity contribution in [1.29, 1.82) is 0 Å². The SMILES string of the molecule is Cc1ccccc1-n1c(Cn2ncc3c(N)cccc32)nc2cccc(C)c2c1=O. The highest BCUT2D eigenvalue weighted by Gasteiger charge is 2.17. The van der Waals surface area contributed by atoms with Crippen LogP contribution in [0.3, 0.4) is 0 Å². The molecule has 0 fully saturated rings. The number of anilines is 1. The fourth-order valence-corrected chi connectivity index (χ4v) is 4.00. The Morgan fingerprint density at radius 1 is 0.933 bits per heavy atom. The van der Waals surface area contributed by atoms with Gasteiger partial charge in [0.05, 0.1) is 28.3 Å². The Morgan fingerprint density at radius 2 is 1.70 bits per heavy atom. The zero-order valence-electron chi connectivity index (χ0n) is 16.8. The average molecular weight is 395 g/mol. The van der Waals surface area contributed by atoms with Gasteiger partial charge in [0.25, 0.3) is 5.56 Å². The topological polar surface area (TPSA) is 78.7 Å². The number of aryl methyl sites for hydroxylation is 2. The van der Waals surface area contributed by atoms with Crippen LogP contribution in [0.2, 0.25) is 0 Å². The molecule has 2 aromatic heterocycles. The summed E-state index contributed by atoms with van der Waals surface area (Å²) in [4.78, 5) is 18.5. The number of hydrogen-bond acceptors (Lipinski definition) is 4. The van der Waals surface area contributed by atoms with Gasteiger partial charge in [-0.15, -0.1) is 0 Å². The zero-order chi connectivity index (χ0) is 20.8. The summed E-state index contributed by atoms with van der Waals surface area (Å²) < 4.78 is 3.55. The smallest absolute Gasteiger partial charge is 0.266 e. The third kappa shape index (κ3) is 2.76. The molecule has 0 aliphatic rings. The fourth-order valence-electron chi connectivity index (χ4n) is 4.00. The number of aromatic nitrogens is 4. The van der Waals surface area contributed by atoms with E-state index in [0.717, 1.165) is 27.7 Å². The molecule has 0 saturated carbocycles. The van der Waals surface area contributed by atoms with Gasteiger partial charge < -0.3 is 5.73 Å². The first kappa shape index (κ1) is 18.1. The van der Waals surface area contributed by atoms with Crippen molar-refractivity contribution in [1.82, 2.24) is 19.3 Å². The molecule has 30 heavy (non-hydrogen) atoms. The van der Waals surface area contributed by atoms with E-state index >= 15 is 0 Å². The first-order chi connectivity index (χ1) is 14.5. The number of nitrogen functional groups attached to an aromatic ring is 1. The molecule has 0 spiro atoms. The van der Waals surface area contributed by atoms with E-state index in [1.54, 1.807) is 10.8 Å². The van der Waals surface area contributed by atoms with E-state index in [2.05, 4.69) is 5.10 Å². The molecular formula is C24H21N5O. The number of rotatable bonds is 3. The van der Waals surface area contributed by atoms with Crippen molar-refractivity contribution in [2.24, 2.45) is 0 Å². The third-order valence-corrected chi connectivity index (χ3v) is 5.54. The molecular weight excluding hydrogens is 374 g/mol. The lowest BCUT2D eigenvalue weighted by atomic mass is 10.1. The molecule has 5 rings (SSSR count).